The Bertz CT molecular complexity index is 655. The van der Waals surface area contributed by atoms with Gasteiger partial charge < -0.3 is 11.1 Å². The van der Waals surface area contributed by atoms with Crippen molar-refractivity contribution in [2.45, 2.75) is 26.7 Å². The smallest absolute Gasteiger partial charge is 0.263 e. The molecule has 2 aromatic rings. The second-order valence-corrected chi connectivity index (χ2v) is 6.89. The predicted octanol–water partition coefficient (Wildman–Crippen LogP) is 3.32. The molecule has 0 aliphatic heterocycles. The zero-order chi connectivity index (χ0) is 13.6. The summed E-state index contributed by atoms with van der Waals surface area (Å²) in [5, 5.41) is 4.00. The number of hydrogen-bond acceptors (Lipinski definition) is 3. The highest BCUT2D eigenvalue weighted by Gasteiger charge is 2.37. The van der Waals surface area contributed by atoms with Crippen LogP contribution >= 0.6 is 11.3 Å². The number of hydrogen-bond donors (Lipinski definition) is 2. The van der Waals surface area contributed by atoms with Gasteiger partial charge in [-0.15, -0.1) is 11.3 Å². The first-order valence-electron chi connectivity index (χ1n) is 6.55. The molecular weight excluding hydrogens is 256 g/mol. The maximum atomic E-state index is 12.2. The van der Waals surface area contributed by atoms with Crippen LogP contribution in [0.2, 0.25) is 0 Å². The van der Waals surface area contributed by atoms with Crippen molar-refractivity contribution in [3.8, 4) is 0 Å². The SMILES string of the molecule is Cc1ccc2sc(C(=O)NCC3(C)CC3)c(N)c2c1. The first-order valence-corrected chi connectivity index (χ1v) is 7.37. The number of carbonyl (C=O) groups is 1. The third kappa shape index (κ3) is 2.32. The van der Waals surface area contributed by atoms with E-state index in [1.165, 1.54) is 24.2 Å². The third-order valence-corrected chi connectivity index (χ3v) is 5.05. The number of fused-ring (bicyclic) bond motifs is 1. The molecule has 1 aromatic heterocycles. The summed E-state index contributed by atoms with van der Waals surface area (Å²) in [5.74, 6) is -0.0375. The second kappa shape index (κ2) is 4.23. The van der Waals surface area contributed by atoms with Gasteiger partial charge >= 0.3 is 0 Å². The Kier molecular flexibility index (Phi) is 2.78. The number of amides is 1. The largest absolute Gasteiger partial charge is 0.397 e. The molecule has 1 amide bonds. The van der Waals surface area contributed by atoms with Crippen molar-refractivity contribution in [1.82, 2.24) is 5.32 Å². The number of nitrogens with two attached hydrogens (primary N) is 1. The molecule has 19 heavy (non-hydrogen) atoms. The van der Waals surface area contributed by atoms with Gasteiger partial charge in [0.05, 0.1) is 5.69 Å². The number of carbonyl (C=O) groups excluding carboxylic acids is 1. The Morgan fingerprint density at radius 1 is 1.47 bits per heavy atom. The molecule has 1 heterocycles. The second-order valence-electron chi connectivity index (χ2n) is 5.84. The Labute approximate surface area is 116 Å². The minimum absolute atomic E-state index is 0.0375. The van der Waals surface area contributed by atoms with Crippen LogP contribution in [0.1, 0.15) is 35.0 Å². The maximum absolute atomic E-state index is 12.2. The summed E-state index contributed by atoms with van der Waals surface area (Å²) in [6.45, 7) is 4.98. The summed E-state index contributed by atoms with van der Waals surface area (Å²) in [6.07, 6.45) is 2.41. The fraction of sp³-hybridized carbons (Fsp3) is 0.400. The van der Waals surface area contributed by atoms with Crippen molar-refractivity contribution in [2.75, 3.05) is 12.3 Å². The number of nitrogen functional groups attached to an aromatic ring is 1. The molecule has 0 spiro atoms. The van der Waals surface area contributed by atoms with Gasteiger partial charge in [0.1, 0.15) is 4.88 Å². The monoisotopic (exact) mass is 274 g/mol. The molecular formula is C15H18N2OS. The highest BCUT2D eigenvalue weighted by atomic mass is 32.1. The molecule has 0 saturated heterocycles. The lowest BCUT2D eigenvalue weighted by Crippen LogP contribution is -2.28. The van der Waals surface area contributed by atoms with Gasteiger partial charge in [-0.05, 0) is 37.3 Å². The van der Waals surface area contributed by atoms with Crippen LogP contribution in [0.5, 0.6) is 0 Å². The van der Waals surface area contributed by atoms with E-state index in [9.17, 15) is 4.79 Å². The normalized spacial score (nSPS) is 16.5. The molecule has 0 bridgehead atoms. The summed E-state index contributed by atoms with van der Waals surface area (Å²) < 4.78 is 1.07. The average Bonchev–Trinajstić information content (AvgIpc) is 3.03. The van der Waals surface area contributed by atoms with E-state index in [1.54, 1.807) is 0 Å². The van der Waals surface area contributed by atoms with Gasteiger partial charge in [-0.3, -0.25) is 4.79 Å². The first kappa shape index (κ1) is 12.5. The van der Waals surface area contributed by atoms with Gasteiger partial charge in [-0.2, -0.15) is 0 Å². The molecule has 0 atom stereocenters. The van der Waals surface area contributed by atoms with E-state index in [0.717, 1.165) is 22.2 Å². The quantitative estimate of drug-likeness (QED) is 0.902. The fourth-order valence-electron chi connectivity index (χ4n) is 2.16. The van der Waals surface area contributed by atoms with Crippen molar-refractivity contribution in [3.63, 3.8) is 0 Å². The van der Waals surface area contributed by atoms with E-state index in [2.05, 4.69) is 12.2 Å². The molecule has 100 valence electrons. The van der Waals surface area contributed by atoms with Crippen molar-refractivity contribution in [2.24, 2.45) is 5.41 Å². The van der Waals surface area contributed by atoms with Crippen LogP contribution in [0.25, 0.3) is 10.1 Å². The highest BCUT2D eigenvalue weighted by molar-refractivity contribution is 7.21. The molecule has 3 N–H and O–H groups in total. The van der Waals surface area contributed by atoms with Gasteiger partial charge in [0.2, 0.25) is 0 Å². The molecule has 3 rings (SSSR count). The van der Waals surface area contributed by atoms with Gasteiger partial charge in [0.25, 0.3) is 5.91 Å². The van der Waals surface area contributed by atoms with E-state index in [0.29, 0.717) is 16.0 Å². The molecule has 1 aliphatic rings. The number of thiophene rings is 1. The Hall–Kier alpha value is -1.55. The number of anilines is 1. The molecule has 0 radical (unpaired) electrons. The lowest BCUT2D eigenvalue weighted by atomic mass is 10.1. The van der Waals surface area contributed by atoms with Crippen LogP contribution in [0.3, 0.4) is 0 Å². The lowest BCUT2D eigenvalue weighted by molar-refractivity contribution is 0.0951. The van der Waals surface area contributed by atoms with Gasteiger partial charge in [-0.25, -0.2) is 0 Å². The Morgan fingerprint density at radius 2 is 2.21 bits per heavy atom. The molecule has 3 nitrogen and oxygen atoms in total. The number of rotatable bonds is 3. The molecule has 1 fully saturated rings. The standard InChI is InChI=1S/C15H18N2OS/c1-9-3-4-11-10(7-9)12(16)13(19-11)14(18)17-8-15(2)5-6-15/h3-4,7H,5-6,8,16H2,1-2H3,(H,17,18). The van der Waals surface area contributed by atoms with Crippen LogP contribution < -0.4 is 11.1 Å². The Morgan fingerprint density at radius 3 is 2.89 bits per heavy atom. The highest BCUT2D eigenvalue weighted by Crippen LogP contribution is 2.44. The van der Waals surface area contributed by atoms with Crippen LogP contribution in [-0.2, 0) is 0 Å². The zero-order valence-corrected chi connectivity index (χ0v) is 12.1. The predicted molar refractivity (Wildman–Crippen MR) is 80.6 cm³/mol. The van der Waals surface area contributed by atoms with Crippen molar-refractivity contribution < 1.29 is 4.79 Å². The van der Waals surface area contributed by atoms with E-state index in [4.69, 9.17) is 5.73 Å². The maximum Gasteiger partial charge on any atom is 0.263 e. The average molecular weight is 274 g/mol. The van der Waals surface area contributed by atoms with E-state index in [1.807, 2.05) is 25.1 Å². The Balaban J connectivity index is 1.87. The van der Waals surface area contributed by atoms with Gasteiger partial charge in [0.15, 0.2) is 0 Å². The minimum atomic E-state index is -0.0375. The molecule has 1 aromatic carbocycles. The van der Waals surface area contributed by atoms with Crippen LogP contribution in [-0.4, -0.2) is 12.5 Å². The van der Waals surface area contributed by atoms with E-state index < -0.39 is 0 Å². The van der Waals surface area contributed by atoms with Crippen LogP contribution in [0.4, 0.5) is 5.69 Å². The summed E-state index contributed by atoms with van der Waals surface area (Å²) in [6, 6.07) is 6.12. The van der Waals surface area contributed by atoms with E-state index >= 15 is 0 Å². The summed E-state index contributed by atoms with van der Waals surface area (Å²) in [4.78, 5) is 12.9. The molecule has 1 saturated carbocycles. The van der Waals surface area contributed by atoms with Gasteiger partial charge in [-0.1, -0.05) is 18.6 Å². The topological polar surface area (TPSA) is 55.1 Å². The summed E-state index contributed by atoms with van der Waals surface area (Å²) in [7, 11) is 0. The number of aryl methyl sites for hydroxylation is 1. The van der Waals surface area contributed by atoms with Crippen LogP contribution in [0, 0.1) is 12.3 Å². The molecule has 1 aliphatic carbocycles. The molecule has 4 heteroatoms. The van der Waals surface area contributed by atoms with E-state index in [-0.39, 0.29) is 5.91 Å². The van der Waals surface area contributed by atoms with Crippen LogP contribution in [0.15, 0.2) is 18.2 Å². The lowest BCUT2D eigenvalue weighted by Gasteiger charge is -2.09. The zero-order valence-electron chi connectivity index (χ0n) is 11.2. The van der Waals surface area contributed by atoms with Crippen molar-refractivity contribution in [1.29, 1.82) is 0 Å². The number of benzene rings is 1. The van der Waals surface area contributed by atoms with Crippen molar-refractivity contribution in [3.05, 3.63) is 28.6 Å². The minimum Gasteiger partial charge on any atom is -0.397 e. The third-order valence-electron chi connectivity index (χ3n) is 3.87. The summed E-state index contributed by atoms with van der Waals surface area (Å²) in [5.41, 5.74) is 8.21. The fourth-order valence-corrected chi connectivity index (χ4v) is 3.18. The first-order chi connectivity index (χ1) is 8.98. The van der Waals surface area contributed by atoms with Gasteiger partial charge in [0, 0.05) is 16.6 Å². The summed E-state index contributed by atoms with van der Waals surface area (Å²) >= 11 is 1.47. The van der Waals surface area contributed by atoms with Crippen molar-refractivity contribution >= 4 is 33.0 Å². The number of nitrogens with one attached hydrogen (secondary N) is 1. The molecule has 0 unspecified atom stereocenters.